The van der Waals surface area contributed by atoms with E-state index in [2.05, 4.69) is 30.9 Å². The van der Waals surface area contributed by atoms with Crippen molar-refractivity contribution in [1.29, 1.82) is 0 Å². The van der Waals surface area contributed by atoms with Crippen molar-refractivity contribution in [2.45, 2.75) is 32.4 Å². The number of alkyl halides is 3. The molecule has 0 aliphatic carbocycles. The number of carbonyl (C=O) groups excluding carboxylic acids is 1. The van der Waals surface area contributed by atoms with Crippen LogP contribution in [-0.2, 0) is 10.2 Å². The predicted octanol–water partition coefficient (Wildman–Crippen LogP) is 4.73. The Labute approximate surface area is 160 Å². The second-order valence-electron chi connectivity index (χ2n) is 7.31. The van der Waals surface area contributed by atoms with Crippen LogP contribution in [0.5, 0.6) is 0 Å². The lowest BCUT2D eigenvalue weighted by molar-refractivity contribution is -0.167. The first-order valence-electron chi connectivity index (χ1n) is 8.55. The van der Waals surface area contributed by atoms with E-state index >= 15 is 0 Å². The molecule has 0 bridgehead atoms. The molecule has 0 aliphatic heterocycles. The molecule has 0 unspecified atom stereocenters. The van der Waals surface area contributed by atoms with Gasteiger partial charge in [-0.05, 0) is 35.2 Å². The van der Waals surface area contributed by atoms with Crippen molar-refractivity contribution < 1.29 is 18.0 Å². The largest absolute Gasteiger partial charge is 0.471 e. The summed E-state index contributed by atoms with van der Waals surface area (Å²) in [6, 6.07) is 12.1. The van der Waals surface area contributed by atoms with E-state index < -0.39 is 12.1 Å². The molecule has 0 atom stereocenters. The summed E-state index contributed by atoms with van der Waals surface area (Å²) in [4.78, 5) is 15.4. The van der Waals surface area contributed by atoms with Gasteiger partial charge in [-0.1, -0.05) is 32.9 Å². The minimum atomic E-state index is -5.00. The van der Waals surface area contributed by atoms with Crippen molar-refractivity contribution in [3.63, 3.8) is 0 Å². The van der Waals surface area contributed by atoms with Gasteiger partial charge in [0, 0.05) is 24.0 Å². The first kappa shape index (κ1) is 19.6. The number of nitrogens with zero attached hydrogens (tertiary/aromatic N) is 3. The fraction of sp³-hybridized carbons (Fsp3) is 0.250. The second kappa shape index (κ2) is 7.10. The Bertz CT molecular complexity index is 971. The van der Waals surface area contributed by atoms with E-state index in [1.54, 1.807) is 36.7 Å². The highest BCUT2D eigenvalue weighted by molar-refractivity contribution is 5.95. The van der Waals surface area contributed by atoms with Crippen LogP contribution in [0.1, 0.15) is 26.3 Å². The smallest absolute Gasteiger partial charge is 0.303 e. The lowest BCUT2D eigenvalue weighted by atomic mass is 9.87. The van der Waals surface area contributed by atoms with Crippen molar-refractivity contribution in [3.05, 3.63) is 60.4 Å². The third kappa shape index (κ3) is 4.21. The summed E-state index contributed by atoms with van der Waals surface area (Å²) >= 11 is 0. The number of amides is 1. The molecular weight excluding hydrogens is 369 g/mol. The third-order valence-corrected chi connectivity index (χ3v) is 4.16. The standard InChI is InChI=1S/C20H19F3N4O/c1-19(2,3)14-4-6-15(7-5-14)27-17(25-18(28)20(21,22)23)12-16(26-27)13-8-10-24-11-9-13/h4-12H,1-3H3,(H,25,28). The van der Waals surface area contributed by atoms with Crippen LogP contribution in [0.25, 0.3) is 16.9 Å². The number of aromatic nitrogens is 3. The number of hydrogen-bond acceptors (Lipinski definition) is 3. The van der Waals surface area contributed by atoms with Gasteiger partial charge in [0.15, 0.2) is 0 Å². The summed E-state index contributed by atoms with van der Waals surface area (Å²) in [5.41, 5.74) is 2.62. The van der Waals surface area contributed by atoms with E-state index in [4.69, 9.17) is 0 Å². The van der Waals surface area contributed by atoms with Gasteiger partial charge in [-0.2, -0.15) is 18.3 Å². The highest BCUT2D eigenvalue weighted by Gasteiger charge is 2.39. The number of carbonyl (C=O) groups is 1. The van der Waals surface area contributed by atoms with Gasteiger partial charge in [-0.3, -0.25) is 9.78 Å². The lowest BCUT2D eigenvalue weighted by Crippen LogP contribution is -2.30. The molecule has 0 spiro atoms. The average Bonchev–Trinajstić information content (AvgIpc) is 3.05. The molecule has 1 aromatic carbocycles. The molecule has 2 aromatic heterocycles. The van der Waals surface area contributed by atoms with Crippen LogP contribution in [0, 0.1) is 0 Å². The van der Waals surface area contributed by atoms with Crippen molar-refractivity contribution >= 4 is 11.7 Å². The maximum Gasteiger partial charge on any atom is 0.471 e. The van der Waals surface area contributed by atoms with E-state index in [-0.39, 0.29) is 11.2 Å². The van der Waals surface area contributed by atoms with Gasteiger partial charge in [0.05, 0.1) is 11.4 Å². The van der Waals surface area contributed by atoms with E-state index in [9.17, 15) is 18.0 Å². The lowest BCUT2D eigenvalue weighted by Gasteiger charge is -2.19. The molecule has 1 N–H and O–H groups in total. The highest BCUT2D eigenvalue weighted by Crippen LogP contribution is 2.28. The van der Waals surface area contributed by atoms with Crippen molar-refractivity contribution in [1.82, 2.24) is 14.8 Å². The number of hydrogen-bond donors (Lipinski definition) is 1. The molecule has 0 saturated carbocycles. The fourth-order valence-corrected chi connectivity index (χ4v) is 2.62. The Balaban J connectivity index is 2.05. The van der Waals surface area contributed by atoms with Crippen molar-refractivity contribution in [2.24, 2.45) is 0 Å². The molecule has 2 heterocycles. The Hall–Kier alpha value is -3.16. The van der Waals surface area contributed by atoms with Crippen LogP contribution in [0.2, 0.25) is 0 Å². The molecule has 146 valence electrons. The van der Waals surface area contributed by atoms with Crippen LogP contribution < -0.4 is 5.32 Å². The molecule has 1 amide bonds. The molecule has 0 fully saturated rings. The van der Waals surface area contributed by atoms with E-state index in [0.29, 0.717) is 16.9 Å². The summed E-state index contributed by atoms with van der Waals surface area (Å²) in [7, 11) is 0. The number of benzene rings is 1. The Kier molecular flexibility index (Phi) is 4.97. The topological polar surface area (TPSA) is 59.8 Å². The van der Waals surface area contributed by atoms with E-state index in [0.717, 1.165) is 5.56 Å². The van der Waals surface area contributed by atoms with Gasteiger partial charge < -0.3 is 5.32 Å². The normalized spacial score (nSPS) is 12.1. The Morgan fingerprint density at radius 1 is 1.00 bits per heavy atom. The first-order chi connectivity index (χ1) is 13.1. The molecule has 3 aromatic rings. The zero-order valence-corrected chi connectivity index (χ0v) is 15.6. The van der Waals surface area contributed by atoms with Gasteiger partial charge in [-0.25, -0.2) is 4.68 Å². The zero-order valence-electron chi connectivity index (χ0n) is 15.6. The summed E-state index contributed by atoms with van der Waals surface area (Å²) < 4.78 is 39.5. The summed E-state index contributed by atoms with van der Waals surface area (Å²) in [5, 5.41) is 6.29. The second-order valence-corrected chi connectivity index (χ2v) is 7.31. The number of nitrogens with one attached hydrogen (secondary N) is 1. The predicted molar refractivity (Wildman–Crippen MR) is 100 cm³/mol. The maximum atomic E-state index is 12.7. The number of rotatable bonds is 3. The maximum absolute atomic E-state index is 12.7. The summed E-state index contributed by atoms with van der Waals surface area (Å²) in [6.45, 7) is 6.19. The molecular formula is C20H19F3N4O. The van der Waals surface area contributed by atoms with Crippen LogP contribution in [0.3, 0.4) is 0 Å². The molecule has 8 heteroatoms. The van der Waals surface area contributed by atoms with Crippen molar-refractivity contribution in [3.8, 4) is 16.9 Å². The Morgan fingerprint density at radius 3 is 2.14 bits per heavy atom. The number of anilines is 1. The van der Waals surface area contributed by atoms with Crippen molar-refractivity contribution in [2.75, 3.05) is 5.32 Å². The quantitative estimate of drug-likeness (QED) is 0.706. The Morgan fingerprint density at radius 2 is 1.61 bits per heavy atom. The van der Waals surface area contributed by atoms with Gasteiger partial charge in [0.25, 0.3) is 0 Å². The molecule has 28 heavy (non-hydrogen) atoms. The zero-order chi connectivity index (χ0) is 20.5. The fourth-order valence-electron chi connectivity index (χ4n) is 2.62. The minimum Gasteiger partial charge on any atom is -0.303 e. The molecule has 5 nitrogen and oxygen atoms in total. The summed E-state index contributed by atoms with van der Waals surface area (Å²) in [5.74, 6) is -2.13. The van der Waals surface area contributed by atoms with Gasteiger partial charge in [0.1, 0.15) is 5.82 Å². The third-order valence-electron chi connectivity index (χ3n) is 4.16. The van der Waals surface area contributed by atoms with E-state index in [1.807, 2.05) is 17.4 Å². The molecule has 3 rings (SSSR count). The average molecular weight is 388 g/mol. The SMILES string of the molecule is CC(C)(C)c1ccc(-n2nc(-c3ccncc3)cc2NC(=O)C(F)(F)F)cc1. The molecule has 0 aliphatic rings. The van der Waals surface area contributed by atoms with Crippen LogP contribution in [0.15, 0.2) is 54.9 Å². The van der Waals surface area contributed by atoms with Gasteiger partial charge >= 0.3 is 12.1 Å². The minimum absolute atomic E-state index is 0.0713. The van der Waals surface area contributed by atoms with E-state index in [1.165, 1.54) is 10.7 Å². The van der Waals surface area contributed by atoms with Gasteiger partial charge in [0.2, 0.25) is 0 Å². The van der Waals surface area contributed by atoms with Crippen LogP contribution in [0.4, 0.5) is 19.0 Å². The monoisotopic (exact) mass is 388 g/mol. The van der Waals surface area contributed by atoms with Crippen LogP contribution >= 0.6 is 0 Å². The summed E-state index contributed by atoms with van der Waals surface area (Å²) in [6.07, 6.45) is -1.89. The van der Waals surface area contributed by atoms with Gasteiger partial charge in [-0.15, -0.1) is 0 Å². The number of pyridine rings is 1. The number of halogens is 3. The highest BCUT2D eigenvalue weighted by atomic mass is 19.4. The molecule has 0 radical (unpaired) electrons. The first-order valence-corrected chi connectivity index (χ1v) is 8.55. The van der Waals surface area contributed by atoms with Crippen LogP contribution in [-0.4, -0.2) is 26.8 Å². The molecule has 0 saturated heterocycles.